The Labute approximate surface area is 143 Å². The molecule has 23 heavy (non-hydrogen) atoms. The number of rotatable bonds is 4. The summed E-state index contributed by atoms with van der Waals surface area (Å²) in [5.74, 6) is 0.631. The fraction of sp³-hybridized carbons (Fsp3) is 0.312. The number of thiazole rings is 1. The molecule has 0 spiro atoms. The number of aryl methyl sites for hydroxylation is 1. The van der Waals surface area contributed by atoms with E-state index in [-0.39, 0.29) is 18.4 Å². The van der Waals surface area contributed by atoms with Crippen molar-refractivity contribution < 1.29 is 9.59 Å². The van der Waals surface area contributed by atoms with Gasteiger partial charge in [0.2, 0.25) is 5.91 Å². The van der Waals surface area contributed by atoms with Crippen LogP contribution in [0, 0.1) is 6.92 Å². The van der Waals surface area contributed by atoms with E-state index in [1.807, 2.05) is 31.2 Å². The molecule has 1 saturated heterocycles. The minimum Gasteiger partial charge on any atom is -0.353 e. The average Bonchev–Trinajstić information content (AvgIpc) is 2.98. The molecule has 2 heterocycles. The van der Waals surface area contributed by atoms with Crippen LogP contribution in [0.2, 0.25) is 0 Å². The van der Waals surface area contributed by atoms with Crippen LogP contribution in [0.3, 0.4) is 0 Å². The number of carbonyl (C=O) groups is 2. The Kier molecular flexibility index (Phi) is 4.97. The molecule has 1 aromatic heterocycles. The SMILES string of the molecule is Cc1nc(CSc2ccc(C(=O)N3CCNC(=O)C3)cc2)cs1. The van der Waals surface area contributed by atoms with E-state index in [9.17, 15) is 9.59 Å². The van der Waals surface area contributed by atoms with Crippen molar-refractivity contribution in [3.8, 4) is 0 Å². The summed E-state index contributed by atoms with van der Waals surface area (Å²) in [6.07, 6.45) is 0. The molecule has 0 atom stereocenters. The molecule has 2 amide bonds. The van der Waals surface area contributed by atoms with Crippen LogP contribution in [0.25, 0.3) is 0 Å². The Bertz CT molecular complexity index is 712. The van der Waals surface area contributed by atoms with Crippen molar-refractivity contribution in [3.63, 3.8) is 0 Å². The van der Waals surface area contributed by atoms with E-state index >= 15 is 0 Å². The number of piperazine rings is 1. The zero-order valence-corrected chi connectivity index (χ0v) is 14.4. The summed E-state index contributed by atoms with van der Waals surface area (Å²) in [4.78, 5) is 30.9. The van der Waals surface area contributed by atoms with Crippen LogP contribution in [-0.4, -0.2) is 41.3 Å². The first-order valence-corrected chi connectivity index (χ1v) is 9.18. The van der Waals surface area contributed by atoms with Gasteiger partial charge in [0.25, 0.3) is 5.91 Å². The summed E-state index contributed by atoms with van der Waals surface area (Å²) in [7, 11) is 0. The van der Waals surface area contributed by atoms with Gasteiger partial charge in [-0.15, -0.1) is 23.1 Å². The highest BCUT2D eigenvalue weighted by molar-refractivity contribution is 7.98. The Morgan fingerprint density at radius 3 is 2.83 bits per heavy atom. The van der Waals surface area contributed by atoms with E-state index in [1.165, 1.54) is 0 Å². The molecular formula is C16H17N3O2S2. The summed E-state index contributed by atoms with van der Waals surface area (Å²) >= 11 is 3.35. The third-order valence-electron chi connectivity index (χ3n) is 3.48. The van der Waals surface area contributed by atoms with E-state index < -0.39 is 0 Å². The van der Waals surface area contributed by atoms with Gasteiger partial charge in [-0.25, -0.2) is 4.98 Å². The molecule has 2 aromatic rings. The molecule has 0 unspecified atom stereocenters. The molecule has 5 nitrogen and oxygen atoms in total. The summed E-state index contributed by atoms with van der Waals surface area (Å²) < 4.78 is 0. The van der Waals surface area contributed by atoms with Gasteiger partial charge in [-0.1, -0.05) is 0 Å². The van der Waals surface area contributed by atoms with Crippen molar-refractivity contribution in [1.29, 1.82) is 0 Å². The van der Waals surface area contributed by atoms with Crippen molar-refractivity contribution >= 4 is 34.9 Å². The Morgan fingerprint density at radius 1 is 1.39 bits per heavy atom. The Morgan fingerprint density at radius 2 is 2.17 bits per heavy atom. The lowest BCUT2D eigenvalue weighted by Gasteiger charge is -2.26. The smallest absolute Gasteiger partial charge is 0.254 e. The van der Waals surface area contributed by atoms with Crippen molar-refractivity contribution in [2.45, 2.75) is 17.6 Å². The van der Waals surface area contributed by atoms with Crippen LogP contribution >= 0.6 is 23.1 Å². The van der Waals surface area contributed by atoms with Gasteiger partial charge >= 0.3 is 0 Å². The molecule has 1 aromatic carbocycles. The molecule has 1 aliphatic rings. The van der Waals surface area contributed by atoms with Crippen LogP contribution in [0.4, 0.5) is 0 Å². The number of benzene rings is 1. The second kappa shape index (κ2) is 7.14. The van der Waals surface area contributed by atoms with E-state index in [2.05, 4.69) is 15.7 Å². The average molecular weight is 347 g/mol. The van der Waals surface area contributed by atoms with Crippen molar-refractivity contribution in [2.24, 2.45) is 0 Å². The molecule has 1 N–H and O–H groups in total. The molecule has 1 aliphatic heterocycles. The summed E-state index contributed by atoms with van der Waals surface area (Å²) in [5, 5.41) is 5.87. The fourth-order valence-electron chi connectivity index (χ4n) is 2.32. The topological polar surface area (TPSA) is 62.3 Å². The molecular weight excluding hydrogens is 330 g/mol. The second-order valence-corrected chi connectivity index (χ2v) is 7.36. The number of carbonyl (C=O) groups excluding carboxylic acids is 2. The van der Waals surface area contributed by atoms with Crippen LogP contribution in [-0.2, 0) is 10.5 Å². The van der Waals surface area contributed by atoms with Crippen LogP contribution in [0.5, 0.6) is 0 Å². The Hall–Kier alpha value is -1.86. The van der Waals surface area contributed by atoms with Gasteiger partial charge in [-0.2, -0.15) is 0 Å². The molecule has 0 radical (unpaired) electrons. The van der Waals surface area contributed by atoms with Crippen LogP contribution < -0.4 is 5.32 Å². The second-order valence-electron chi connectivity index (χ2n) is 5.25. The highest BCUT2D eigenvalue weighted by atomic mass is 32.2. The molecule has 3 rings (SSSR count). The molecule has 0 aliphatic carbocycles. The summed E-state index contributed by atoms with van der Waals surface area (Å²) in [6.45, 7) is 3.22. The van der Waals surface area contributed by atoms with E-state index in [0.29, 0.717) is 18.7 Å². The molecule has 0 saturated carbocycles. The normalized spacial score (nSPS) is 14.7. The molecule has 7 heteroatoms. The number of hydrogen-bond donors (Lipinski definition) is 1. The maximum absolute atomic E-state index is 12.4. The van der Waals surface area contributed by atoms with Crippen LogP contribution in [0.15, 0.2) is 34.5 Å². The van der Waals surface area contributed by atoms with E-state index in [4.69, 9.17) is 0 Å². The number of amides is 2. The van der Waals surface area contributed by atoms with Gasteiger partial charge < -0.3 is 10.2 Å². The van der Waals surface area contributed by atoms with Gasteiger partial charge in [0.1, 0.15) is 0 Å². The zero-order chi connectivity index (χ0) is 16.2. The van der Waals surface area contributed by atoms with Gasteiger partial charge in [0, 0.05) is 34.7 Å². The highest BCUT2D eigenvalue weighted by Gasteiger charge is 2.22. The monoisotopic (exact) mass is 347 g/mol. The first-order chi connectivity index (χ1) is 11.1. The number of nitrogens with one attached hydrogen (secondary N) is 1. The first-order valence-electron chi connectivity index (χ1n) is 7.31. The van der Waals surface area contributed by atoms with Gasteiger partial charge in [0.05, 0.1) is 17.2 Å². The third-order valence-corrected chi connectivity index (χ3v) is 5.35. The summed E-state index contributed by atoms with van der Waals surface area (Å²) in [5.41, 5.74) is 1.70. The fourth-order valence-corrected chi connectivity index (χ4v) is 3.83. The predicted molar refractivity (Wildman–Crippen MR) is 91.8 cm³/mol. The number of aromatic nitrogens is 1. The van der Waals surface area contributed by atoms with Gasteiger partial charge in [-0.05, 0) is 31.2 Å². The van der Waals surface area contributed by atoms with E-state index in [0.717, 1.165) is 21.3 Å². The lowest BCUT2D eigenvalue weighted by molar-refractivity contribution is -0.123. The largest absolute Gasteiger partial charge is 0.353 e. The number of nitrogens with zero attached hydrogens (tertiary/aromatic N) is 2. The highest BCUT2D eigenvalue weighted by Crippen LogP contribution is 2.24. The number of thioether (sulfide) groups is 1. The molecule has 120 valence electrons. The maximum Gasteiger partial charge on any atom is 0.254 e. The lowest BCUT2D eigenvalue weighted by Crippen LogP contribution is -2.49. The maximum atomic E-state index is 12.4. The van der Waals surface area contributed by atoms with Crippen molar-refractivity contribution in [3.05, 3.63) is 45.9 Å². The molecule has 0 bridgehead atoms. The minimum absolute atomic E-state index is 0.0912. The van der Waals surface area contributed by atoms with Crippen molar-refractivity contribution in [1.82, 2.24) is 15.2 Å². The zero-order valence-electron chi connectivity index (χ0n) is 12.7. The molecule has 1 fully saturated rings. The predicted octanol–water partition coefficient (Wildman–Crippen LogP) is 2.32. The van der Waals surface area contributed by atoms with Gasteiger partial charge in [0.15, 0.2) is 0 Å². The lowest BCUT2D eigenvalue weighted by atomic mass is 10.2. The minimum atomic E-state index is -0.102. The van der Waals surface area contributed by atoms with Crippen LogP contribution in [0.1, 0.15) is 21.1 Å². The number of hydrogen-bond acceptors (Lipinski definition) is 5. The van der Waals surface area contributed by atoms with Crippen molar-refractivity contribution in [2.75, 3.05) is 19.6 Å². The summed E-state index contributed by atoms with van der Waals surface area (Å²) in [6, 6.07) is 7.54. The standard InChI is InChI=1S/C16H17N3O2S2/c1-11-18-13(9-22-11)10-23-14-4-2-12(3-5-14)16(21)19-7-6-17-15(20)8-19/h2-5,9H,6-8,10H2,1H3,(H,17,20). The quantitative estimate of drug-likeness (QED) is 0.862. The van der Waals surface area contributed by atoms with Gasteiger partial charge in [-0.3, -0.25) is 9.59 Å². The first kappa shape index (κ1) is 16.0. The Balaban J connectivity index is 1.60. The third kappa shape index (κ3) is 4.11. The van der Waals surface area contributed by atoms with E-state index in [1.54, 1.807) is 28.0 Å².